The van der Waals surface area contributed by atoms with Crippen LogP contribution in [0, 0.1) is 11.8 Å². The van der Waals surface area contributed by atoms with Gasteiger partial charge < -0.3 is 4.90 Å². The SMILES string of the molecule is CC(C)(C)S(=O)(=O)CC1CCC(CCc2ccc(N3CCS(=O)(=O)CC3)cc2)CC1. The molecule has 1 aromatic carbocycles. The van der Waals surface area contributed by atoms with E-state index in [2.05, 4.69) is 29.2 Å². The van der Waals surface area contributed by atoms with E-state index >= 15 is 0 Å². The van der Waals surface area contributed by atoms with Crippen LogP contribution < -0.4 is 4.90 Å². The number of nitrogens with zero attached hydrogens (tertiary/aromatic N) is 1. The lowest BCUT2D eigenvalue weighted by Gasteiger charge is -2.30. The smallest absolute Gasteiger partial charge is 0.155 e. The summed E-state index contributed by atoms with van der Waals surface area (Å²) in [5, 5.41) is 0. The molecular formula is C23H37NO4S2. The quantitative estimate of drug-likeness (QED) is 0.651. The standard InChI is InChI=1S/C23H37NO4S2/c1-23(2,3)30(27,28)18-21-8-6-19(7-9-21)4-5-20-10-12-22(13-11-20)24-14-16-29(25,26)17-15-24/h10-13,19,21H,4-9,14-18H2,1-3H3. The fourth-order valence-corrected chi connectivity index (χ4v) is 7.12. The zero-order valence-electron chi connectivity index (χ0n) is 18.6. The summed E-state index contributed by atoms with van der Waals surface area (Å²) in [6.45, 7) is 6.55. The Kier molecular flexibility index (Phi) is 7.22. The molecule has 1 aliphatic carbocycles. The van der Waals surface area contributed by atoms with Crippen LogP contribution in [0.3, 0.4) is 0 Å². The van der Waals surface area contributed by atoms with Gasteiger partial charge in [0.15, 0.2) is 19.7 Å². The van der Waals surface area contributed by atoms with E-state index in [1.165, 1.54) is 5.56 Å². The van der Waals surface area contributed by atoms with E-state index in [1.54, 1.807) is 20.8 Å². The Morgan fingerprint density at radius 1 is 0.933 bits per heavy atom. The molecule has 0 bridgehead atoms. The maximum Gasteiger partial charge on any atom is 0.155 e. The molecule has 1 heterocycles. The second-order valence-electron chi connectivity index (χ2n) is 10.1. The van der Waals surface area contributed by atoms with E-state index < -0.39 is 24.4 Å². The van der Waals surface area contributed by atoms with Gasteiger partial charge in [-0.15, -0.1) is 0 Å². The molecule has 0 aromatic heterocycles. The normalized spacial score (nSPS) is 25.2. The molecule has 0 atom stereocenters. The summed E-state index contributed by atoms with van der Waals surface area (Å²) in [6.07, 6.45) is 6.51. The lowest BCUT2D eigenvalue weighted by atomic mass is 9.80. The Balaban J connectivity index is 1.43. The molecule has 1 saturated carbocycles. The molecule has 0 spiro atoms. The van der Waals surface area contributed by atoms with Gasteiger partial charge in [0, 0.05) is 18.8 Å². The van der Waals surface area contributed by atoms with E-state index in [-0.39, 0.29) is 11.5 Å². The first-order valence-corrected chi connectivity index (χ1v) is 14.7. The molecule has 0 unspecified atom stereocenters. The van der Waals surface area contributed by atoms with Gasteiger partial charge in [-0.25, -0.2) is 16.8 Å². The van der Waals surface area contributed by atoms with Crippen LogP contribution >= 0.6 is 0 Å². The van der Waals surface area contributed by atoms with Gasteiger partial charge in [-0.1, -0.05) is 25.0 Å². The van der Waals surface area contributed by atoms with E-state index in [9.17, 15) is 16.8 Å². The molecule has 2 fully saturated rings. The lowest BCUT2D eigenvalue weighted by Crippen LogP contribution is -2.40. The van der Waals surface area contributed by atoms with Crippen molar-refractivity contribution in [1.29, 1.82) is 0 Å². The Hall–Kier alpha value is -1.08. The molecule has 7 heteroatoms. The molecule has 0 radical (unpaired) electrons. The molecular weight excluding hydrogens is 418 g/mol. The summed E-state index contributed by atoms with van der Waals surface area (Å²) in [4.78, 5) is 2.15. The number of benzene rings is 1. The molecule has 1 aromatic rings. The highest BCUT2D eigenvalue weighted by Crippen LogP contribution is 2.34. The third-order valence-electron chi connectivity index (χ3n) is 6.84. The predicted octanol–water partition coefficient (Wildman–Crippen LogP) is 3.87. The van der Waals surface area contributed by atoms with Gasteiger partial charge in [0.2, 0.25) is 0 Å². The van der Waals surface area contributed by atoms with Crippen LogP contribution in [-0.2, 0) is 26.1 Å². The second kappa shape index (κ2) is 9.19. The third kappa shape index (κ3) is 6.22. The summed E-state index contributed by atoms with van der Waals surface area (Å²) < 4.78 is 47.4. The lowest BCUT2D eigenvalue weighted by molar-refractivity contribution is 0.278. The highest BCUT2D eigenvalue weighted by molar-refractivity contribution is 7.92. The topological polar surface area (TPSA) is 71.5 Å². The zero-order chi connectivity index (χ0) is 22.0. The van der Waals surface area contributed by atoms with Crippen molar-refractivity contribution >= 4 is 25.4 Å². The molecule has 3 rings (SSSR count). The van der Waals surface area contributed by atoms with Crippen LogP contribution in [0.5, 0.6) is 0 Å². The first-order valence-electron chi connectivity index (χ1n) is 11.2. The van der Waals surface area contributed by atoms with Gasteiger partial charge >= 0.3 is 0 Å². The van der Waals surface area contributed by atoms with Crippen LogP contribution in [0.2, 0.25) is 0 Å². The number of sulfone groups is 2. The summed E-state index contributed by atoms with van der Waals surface area (Å²) in [5.41, 5.74) is 2.43. The van der Waals surface area contributed by atoms with Gasteiger partial charge in [-0.05, 0) is 76.0 Å². The number of hydrogen-bond donors (Lipinski definition) is 0. The van der Waals surface area contributed by atoms with Crippen LogP contribution in [0.25, 0.3) is 0 Å². The van der Waals surface area contributed by atoms with Crippen molar-refractivity contribution in [2.45, 2.75) is 64.0 Å². The van der Waals surface area contributed by atoms with Crippen LogP contribution in [0.1, 0.15) is 58.4 Å². The van der Waals surface area contributed by atoms with Gasteiger partial charge in [-0.2, -0.15) is 0 Å². The van der Waals surface area contributed by atoms with Crippen molar-refractivity contribution in [3.8, 4) is 0 Å². The van der Waals surface area contributed by atoms with E-state index in [1.807, 2.05) is 0 Å². The number of hydrogen-bond acceptors (Lipinski definition) is 5. The van der Waals surface area contributed by atoms with E-state index in [0.717, 1.165) is 44.2 Å². The fourth-order valence-electron chi connectivity index (χ4n) is 4.46. The van der Waals surface area contributed by atoms with Crippen molar-refractivity contribution in [3.63, 3.8) is 0 Å². The highest BCUT2D eigenvalue weighted by atomic mass is 32.2. The Morgan fingerprint density at radius 3 is 2.00 bits per heavy atom. The average molecular weight is 456 g/mol. The van der Waals surface area contributed by atoms with E-state index in [4.69, 9.17) is 0 Å². The van der Waals surface area contributed by atoms with Crippen molar-refractivity contribution in [1.82, 2.24) is 0 Å². The number of rotatable bonds is 6. The monoisotopic (exact) mass is 455 g/mol. The molecule has 5 nitrogen and oxygen atoms in total. The Bertz CT molecular complexity index is 893. The predicted molar refractivity (Wildman–Crippen MR) is 125 cm³/mol. The molecule has 2 aliphatic rings. The van der Waals surface area contributed by atoms with Gasteiger partial charge in [-0.3, -0.25) is 0 Å². The summed E-state index contributed by atoms with van der Waals surface area (Å²) in [7, 11) is -5.88. The minimum Gasteiger partial charge on any atom is -0.369 e. The van der Waals surface area contributed by atoms with Gasteiger partial charge in [0.05, 0.1) is 22.0 Å². The summed E-state index contributed by atoms with van der Waals surface area (Å²) >= 11 is 0. The van der Waals surface area contributed by atoms with Crippen molar-refractivity contribution in [3.05, 3.63) is 29.8 Å². The third-order valence-corrected chi connectivity index (χ3v) is 11.2. The van der Waals surface area contributed by atoms with Gasteiger partial charge in [0.25, 0.3) is 0 Å². The van der Waals surface area contributed by atoms with Crippen molar-refractivity contribution in [2.75, 3.05) is 35.2 Å². The Labute approximate surface area is 183 Å². The first-order chi connectivity index (χ1) is 14.0. The van der Waals surface area contributed by atoms with E-state index in [0.29, 0.717) is 30.7 Å². The highest BCUT2D eigenvalue weighted by Gasteiger charge is 2.33. The maximum atomic E-state index is 12.5. The van der Waals surface area contributed by atoms with Crippen LogP contribution in [0.15, 0.2) is 24.3 Å². The molecule has 1 saturated heterocycles. The second-order valence-corrected chi connectivity index (χ2v) is 15.2. The van der Waals surface area contributed by atoms with Crippen LogP contribution in [0.4, 0.5) is 5.69 Å². The number of anilines is 1. The molecule has 0 N–H and O–H groups in total. The number of aryl methyl sites for hydroxylation is 1. The van der Waals surface area contributed by atoms with Crippen molar-refractivity contribution < 1.29 is 16.8 Å². The maximum absolute atomic E-state index is 12.5. The molecule has 30 heavy (non-hydrogen) atoms. The van der Waals surface area contributed by atoms with Crippen molar-refractivity contribution in [2.24, 2.45) is 11.8 Å². The minimum absolute atomic E-state index is 0.245. The Morgan fingerprint density at radius 2 is 1.47 bits per heavy atom. The molecule has 1 aliphatic heterocycles. The summed E-state index contributed by atoms with van der Waals surface area (Å²) in [5.74, 6) is 1.83. The average Bonchev–Trinajstić information content (AvgIpc) is 2.67. The fraction of sp³-hybridized carbons (Fsp3) is 0.739. The zero-order valence-corrected chi connectivity index (χ0v) is 20.3. The minimum atomic E-state index is -3.03. The van der Waals surface area contributed by atoms with Gasteiger partial charge in [0.1, 0.15) is 0 Å². The first kappa shape index (κ1) is 23.6. The summed E-state index contributed by atoms with van der Waals surface area (Å²) in [6, 6.07) is 8.56. The molecule has 0 amide bonds. The molecule has 170 valence electrons. The van der Waals surface area contributed by atoms with Crippen LogP contribution in [-0.4, -0.2) is 51.9 Å². The largest absolute Gasteiger partial charge is 0.369 e.